The van der Waals surface area contributed by atoms with Crippen molar-refractivity contribution in [3.05, 3.63) is 48.3 Å². The number of carbonyl (C=O) groups is 2. The minimum atomic E-state index is -6.31. The van der Waals surface area contributed by atoms with Crippen LogP contribution < -0.4 is 0 Å². The Morgan fingerprint density at radius 3 is 2.03 bits per heavy atom. The van der Waals surface area contributed by atoms with Crippen molar-refractivity contribution in [3.8, 4) is 0 Å². The monoisotopic (exact) mass is 466 g/mol. The molecule has 0 amide bonds. The van der Waals surface area contributed by atoms with Gasteiger partial charge in [0.05, 0.1) is 0 Å². The number of benzene rings is 1. The van der Waals surface area contributed by atoms with E-state index in [0.717, 1.165) is 0 Å². The summed E-state index contributed by atoms with van der Waals surface area (Å²) in [6.07, 6.45) is -6.17. The zero-order valence-corrected chi connectivity index (χ0v) is 15.3. The van der Waals surface area contributed by atoms with Gasteiger partial charge in [0.2, 0.25) is 5.83 Å². The van der Waals surface area contributed by atoms with Gasteiger partial charge in [-0.25, -0.2) is 9.59 Å². The van der Waals surface area contributed by atoms with Crippen LogP contribution in [0.2, 0.25) is 0 Å². The minimum Gasteiger partial charge on any atom is -0.456 e. The van der Waals surface area contributed by atoms with Crippen molar-refractivity contribution in [2.75, 3.05) is 6.61 Å². The lowest BCUT2D eigenvalue weighted by Crippen LogP contribution is -2.59. The second kappa shape index (κ2) is 9.01. The molecule has 0 bridgehead atoms. The van der Waals surface area contributed by atoms with Crippen molar-refractivity contribution in [2.45, 2.75) is 23.8 Å². The van der Waals surface area contributed by atoms with E-state index in [2.05, 4.69) is 20.8 Å². The highest BCUT2D eigenvalue weighted by atomic mass is 32.2. The standard InChI is InChI=1S/C15H12F6O8S/c1-9(16)11(22)29-14(15(19,20)21,28-8-13(17,18)30(24,25)26)12(23)27-7-10-5-3-2-4-6-10/h2-6H,1,7-8H2,(H,24,25,26). The molecule has 1 N–H and O–H groups in total. The molecule has 0 heterocycles. The van der Waals surface area contributed by atoms with Crippen LogP contribution in [0.4, 0.5) is 26.3 Å². The fourth-order valence-corrected chi connectivity index (χ4v) is 1.86. The van der Waals surface area contributed by atoms with Gasteiger partial charge in [0.15, 0.2) is 0 Å². The highest BCUT2D eigenvalue weighted by Gasteiger charge is 2.69. The molecular formula is C15H12F6O8S. The van der Waals surface area contributed by atoms with Crippen molar-refractivity contribution < 1.29 is 63.1 Å². The first-order chi connectivity index (χ1) is 13.5. The predicted octanol–water partition coefficient (Wildman–Crippen LogP) is 2.51. The molecule has 1 rings (SSSR count). The van der Waals surface area contributed by atoms with Gasteiger partial charge in [0, 0.05) is 0 Å². The van der Waals surface area contributed by atoms with E-state index in [0.29, 0.717) is 0 Å². The van der Waals surface area contributed by atoms with Crippen LogP contribution in [0.25, 0.3) is 0 Å². The van der Waals surface area contributed by atoms with Crippen LogP contribution in [0.3, 0.4) is 0 Å². The summed E-state index contributed by atoms with van der Waals surface area (Å²) in [7, 11) is -6.31. The van der Waals surface area contributed by atoms with Crippen LogP contribution in [0, 0.1) is 0 Å². The molecule has 1 unspecified atom stereocenters. The van der Waals surface area contributed by atoms with Crippen molar-refractivity contribution in [3.63, 3.8) is 0 Å². The average molecular weight is 466 g/mol. The lowest BCUT2D eigenvalue weighted by atomic mass is 10.2. The molecule has 8 nitrogen and oxygen atoms in total. The topological polar surface area (TPSA) is 116 Å². The fourth-order valence-electron chi connectivity index (χ4n) is 1.65. The summed E-state index contributed by atoms with van der Waals surface area (Å²) in [5.74, 6) is -12.4. The molecular weight excluding hydrogens is 454 g/mol. The molecule has 0 radical (unpaired) electrons. The normalized spacial score (nSPS) is 14.5. The number of carbonyl (C=O) groups excluding carboxylic acids is 2. The largest absolute Gasteiger partial charge is 0.468 e. The first-order valence-electron chi connectivity index (χ1n) is 7.38. The number of rotatable bonds is 9. The van der Waals surface area contributed by atoms with E-state index in [-0.39, 0.29) is 5.56 Å². The Hall–Kier alpha value is -2.65. The summed E-state index contributed by atoms with van der Waals surface area (Å²) in [4.78, 5) is 23.3. The number of halogens is 6. The molecule has 168 valence electrons. The third-order valence-electron chi connectivity index (χ3n) is 3.13. The van der Waals surface area contributed by atoms with E-state index < -0.39 is 58.3 Å². The van der Waals surface area contributed by atoms with Crippen molar-refractivity contribution >= 4 is 22.1 Å². The minimum absolute atomic E-state index is 0.103. The van der Waals surface area contributed by atoms with E-state index in [9.17, 15) is 44.3 Å². The van der Waals surface area contributed by atoms with Crippen molar-refractivity contribution in [1.82, 2.24) is 0 Å². The highest BCUT2D eigenvalue weighted by Crippen LogP contribution is 2.39. The van der Waals surface area contributed by atoms with Gasteiger partial charge in [0.25, 0.3) is 0 Å². The average Bonchev–Trinajstić information content (AvgIpc) is 2.61. The molecule has 30 heavy (non-hydrogen) atoms. The Morgan fingerprint density at radius 2 is 1.60 bits per heavy atom. The third kappa shape index (κ3) is 5.93. The molecule has 0 aliphatic carbocycles. The van der Waals surface area contributed by atoms with E-state index in [1.165, 1.54) is 30.3 Å². The summed E-state index contributed by atoms with van der Waals surface area (Å²) in [5.41, 5.74) is 0.103. The molecule has 0 saturated carbocycles. The first kappa shape index (κ1) is 25.4. The van der Waals surface area contributed by atoms with Gasteiger partial charge in [-0.2, -0.15) is 34.8 Å². The predicted molar refractivity (Wildman–Crippen MR) is 83.8 cm³/mol. The van der Waals surface area contributed by atoms with Crippen LogP contribution in [-0.4, -0.2) is 48.7 Å². The van der Waals surface area contributed by atoms with Gasteiger partial charge in [-0.1, -0.05) is 36.9 Å². The van der Waals surface area contributed by atoms with Gasteiger partial charge >= 0.3 is 39.3 Å². The quantitative estimate of drug-likeness (QED) is 0.194. The summed E-state index contributed by atoms with van der Waals surface area (Å²) in [6.45, 7) is -1.40. The number of hydrogen-bond donors (Lipinski definition) is 1. The van der Waals surface area contributed by atoms with Crippen molar-refractivity contribution in [2.24, 2.45) is 0 Å². The van der Waals surface area contributed by atoms with Gasteiger partial charge < -0.3 is 14.2 Å². The van der Waals surface area contributed by atoms with E-state index in [4.69, 9.17) is 4.55 Å². The molecule has 0 aromatic heterocycles. The highest BCUT2D eigenvalue weighted by molar-refractivity contribution is 7.86. The first-order valence-corrected chi connectivity index (χ1v) is 8.82. The lowest BCUT2D eigenvalue weighted by molar-refractivity contribution is -0.360. The zero-order valence-electron chi connectivity index (χ0n) is 14.5. The fraction of sp³-hybridized carbons (Fsp3) is 0.333. The zero-order chi connectivity index (χ0) is 23.4. The van der Waals surface area contributed by atoms with Crippen LogP contribution in [-0.2, 0) is 40.5 Å². The summed E-state index contributed by atoms with van der Waals surface area (Å²) < 4.78 is 121. The molecule has 0 spiro atoms. The van der Waals surface area contributed by atoms with E-state index in [1.807, 2.05) is 0 Å². The molecule has 15 heteroatoms. The summed E-state index contributed by atoms with van der Waals surface area (Å²) in [6, 6.07) is 6.87. The van der Waals surface area contributed by atoms with Gasteiger partial charge in [-0.3, -0.25) is 4.55 Å². The van der Waals surface area contributed by atoms with E-state index >= 15 is 0 Å². The second-order valence-electron chi connectivity index (χ2n) is 5.37. The maximum atomic E-state index is 13.5. The summed E-state index contributed by atoms with van der Waals surface area (Å²) in [5, 5.41) is -5.37. The second-order valence-corrected chi connectivity index (χ2v) is 6.92. The van der Waals surface area contributed by atoms with Crippen molar-refractivity contribution in [1.29, 1.82) is 0 Å². The number of alkyl halides is 5. The SMILES string of the molecule is C=C(F)C(=O)OC(OCC(F)(F)S(=O)(=O)O)(C(=O)OCc1ccccc1)C(F)(F)F. The Balaban J connectivity index is 3.33. The Kier molecular flexibility index (Phi) is 7.63. The number of ether oxygens (including phenoxy) is 3. The molecule has 0 fully saturated rings. The van der Waals surface area contributed by atoms with E-state index in [1.54, 1.807) is 0 Å². The molecule has 0 saturated heterocycles. The third-order valence-corrected chi connectivity index (χ3v) is 4.01. The van der Waals surface area contributed by atoms with Gasteiger partial charge in [0.1, 0.15) is 13.2 Å². The lowest BCUT2D eigenvalue weighted by Gasteiger charge is -2.32. The van der Waals surface area contributed by atoms with Gasteiger partial charge in [-0.15, -0.1) is 0 Å². The maximum Gasteiger partial charge on any atom is 0.468 e. The van der Waals surface area contributed by atoms with Crippen LogP contribution >= 0.6 is 0 Å². The Labute approximate surface area is 164 Å². The molecule has 1 atom stereocenters. The smallest absolute Gasteiger partial charge is 0.456 e. The molecule has 1 aromatic rings. The van der Waals surface area contributed by atoms with Crippen LogP contribution in [0.1, 0.15) is 5.56 Å². The number of esters is 2. The Bertz CT molecular complexity index is 899. The van der Waals surface area contributed by atoms with Gasteiger partial charge in [-0.05, 0) is 5.56 Å². The molecule has 1 aromatic carbocycles. The molecule has 0 aliphatic rings. The summed E-state index contributed by atoms with van der Waals surface area (Å²) >= 11 is 0. The molecule has 0 aliphatic heterocycles. The van der Waals surface area contributed by atoms with Crippen LogP contribution in [0.15, 0.2) is 42.7 Å². The maximum absolute atomic E-state index is 13.5. The number of hydrogen-bond acceptors (Lipinski definition) is 7. The van der Waals surface area contributed by atoms with Crippen LogP contribution in [0.5, 0.6) is 0 Å². The Morgan fingerprint density at radius 1 is 1.07 bits per heavy atom.